The Morgan fingerprint density at radius 3 is 3.05 bits per heavy atom. The molecule has 1 aromatic carbocycles. The Kier molecular flexibility index (Phi) is 4.26. The topological polar surface area (TPSA) is 58.2 Å². The second kappa shape index (κ2) is 6.32. The van der Waals surface area contributed by atoms with Crippen molar-refractivity contribution in [3.8, 4) is 0 Å². The number of hydrogen-bond acceptors (Lipinski definition) is 4. The predicted molar refractivity (Wildman–Crippen MR) is 86.2 cm³/mol. The van der Waals surface area contributed by atoms with Crippen molar-refractivity contribution in [3.05, 3.63) is 46.2 Å². The zero-order valence-corrected chi connectivity index (χ0v) is 12.9. The van der Waals surface area contributed by atoms with E-state index < -0.39 is 0 Å². The number of thiophene rings is 1. The maximum Gasteiger partial charge on any atom is 0.261 e. The molecule has 0 aliphatic carbocycles. The molecule has 0 atom stereocenters. The summed E-state index contributed by atoms with van der Waals surface area (Å²) in [6.07, 6.45) is 0.741. The highest BCUT2D eigenvalue weighted by Crippen LogP contribution is 2.31. The molecule has 4 nitrogen and oxygen atoms in total. The van der Waals surface area contributed by atoms with E-state index in [1.54, 1.807) is 11.8 Å². The van der Waals surface area contributed by atoms with Gasteiger partial charge >= 0.3 is 0 Å². The maximum atomic E-state index is 11.8. The predicted octanol–water partition coefficient (Wildman–Crippen LogP) is 2.76. The van der Waals surface area contributed by atoms with Crippen LogP contribution in [0.5, 0.6) is 0 Å². The van der Waals surface area contributed by atoms with E-state index in [1.165, 1.54) is 11.3 Å². The molecule has 6 heteroatoms. The highest BCUT2D eigenvalue weighted by atomic mass is 32.2. The SMILES string of the molecule is O=C1CSc2ccc(CCNC(=O)c3cccs3)cc2N1. The Balaban J connectivity index is 1.57. The molecule has 2 aromatic rings. The number of benzene rings is 1. The molecule has 0 spiro atoms. The van der Waals surface area contributed by atoms with Crippen molar-refractivity contribution in [1.82, 2.24) is 5.32 Å². The zero-order chi connectivity index (χ0) is 14.7. The third-order valence-electron chi connectivity index (χ3n) is 3.12. The molecule has 1 aliphatic heterocycles. The van der Waals surface area contributed by atoms with Gasteiger partial charge in [0, 0.05) is 11.4 Å². The smallest absolute Gasteiger partial charge is 0.261 e. The highest BCUT2D eigenvalue weighted by Gasteiger charge is 2.15. The summed E-state index contributed by atoms with van der Waals surface area (Å²) >= 11 is 2.99. The summed E-state index contributed by atoms with van der Waals surface area (Å²) in [5.41, 5.74) is 1.97. The van der Waals surface area contributed by atoms with Gasteiger partial charge in [-0.15, -0.1) is 23.1 Å². The lowest BCUT2D eigenvalue weighted by molar-refractivity contribution is -0.113. The summed E-state index contributed by atoms with van der Waals surface area (Å²) in [4.78, 5) is 25.0. The standard InChI is InChI=1S/C15H14N2O2S2/c18-14-9-21-12-4-3-10(8-11(12)17-14)5-6-16-15(19)13-2-1-7-20-13/h1-4,7-8H,5-6,9H2,(H,16,19)(H,17,18). The summed E-state index contributed by atoms with van der Waals surface area (Å²) < 4.78 is 0. The van der Waals surface area contributed by atoms with Crippen molar-refractivity contribution in [3.63, 3.8) is 0 Å². The number of rotatable bonds is 4. The summed E-state index contributed by atoms with van der Waals surface area (Å²) in [7, 11) is 0. The first-order chi connectivity index (χ1) is 10.2. The van der Waals surface area contributed by atoms with Gasteiger partial charge in [0.2, 0.25) is 5.91 Å². The van der Waals surface area contributed by atoms with Gasteiger partial charge < -0.3 is 10.6 Å². The summed E-state index contributed by atoms with van der Waals surface area (Å²) in [5.74, 6) is 0.478. The molecule has 2 heterocycles. The van der Waals surface area contributed by atoms with E-state index in [-0.39, 0.29) is 11.8 Å². The van der Waals surface area contributed by atoms with Crippen LogP contribution in [-0.2, 0) is 11.2 Å². The van der Waals surface area contributed by atoms with E-state index in [1.807, 2.05) is 35.7 Å². The van der Waals surface area contributed by atoms with E-state index in [9.17, 15) is 9.59 Å². The molecule has 0 saturated carbocycles. The number of hydrogen-bond donors (Lipinski definition) is 2. The van der Waals surface area contributed by atoms with Crippen LogP contribution in [0.1, 0.15) is 15.2 Å². The molecule has 2 amide bonds. The average molecular weight is 318 g/mol. The number of thioether (sulfide) groups is 1. The van der Waals surface area contributed by atoms with Crippen LogP contribution in [0, 0.1) is 0 Å². The fourth-order valence-corrected chi connectivity index (χ4v) is 3.53. The third kappa shape index (κ3) is 3.46. The van der Waals surface area contributed by atoms with Crippen LogP contribution in [0.25, 0.3) is 0 Å². The van der Waals surface area contributed by atoms with Crippen LogP contribution in [0.15, 0.2) is 40.6 Å². The van der Waals surface area contributed by atoms with Crippen molar-refractivity contribution in [2.45, 2.75) is 11.3 Å². The van der Waals surface area contributed by atoms with Gasteiger partial charge in [-0.25, -0.2) is 0 Å². The number of amides is 2. The van der Waals surface area contributed by atoms with Crippen LogP contribution >= 0.6 is 23.1 Å². The largest absolute Gasteiger partial charge is 0.351 e. The van der Waals surface area contributed by atoms with Crippen molar-refractivity contribution in [2.75, 3.05) is 17.6 Å². The quantitative estimate of drug-likeness (QED) is 0.911. The van der Waals surface area contributed by atoms with Crippen LogP contribution in [0.2, 0.25) is 0 Å². The molecule has 108 valence electrons. The van der Waals surface area contributed by atoms with Crippen LogP contribution in [0.3, 0.4) is 0 Å². The normalized spacial score (nSPS) is 13.4. The van der Waals surface area contributed by atoms with Gasteiger partial charge in [0.25, 0.3) is 5.91 Å². The number of nitrogens with one attached hydrogen (secondary N) is 2. The summed E-state index contributed by atoms with van der Waals surface area (Å²) in [6, 6.07) is 9.72. The zero-order valence-electron chi connectivity index (χ0n) is 11.2. The maximum absolute atomic E-state index is 11.8. The molecule has 1 aliphatic rings. The minimum atomic E-state index is -0.0354. The van der Waals surface area contributed by atoms with Gasteiger partial charge in [-0.3, -0.25) is 9.59 Å². The van der Waals surface area contributed by atoms with Gasteiger partial charge in [0.15, 0.2) is 0 Å². The Morgan fingerprint density at radius 1 is 1.33 bits per heavy atom. The van der Waals surface area contributed by atoms with Crippen LogP contribution in [-0.4, -0.2) is 24.1 Å². The average Bonchev–Trinajstić information content (AvgIpc) is 3.01. The van der Waals surface area contributed by atoms with Crippen molar-refractivity contribution in [2.24, 2.45) is 0 Å². The first-order valence-electron chi connectivity index (χ1n) is 6.59. The van der Waals surface area contributed by atoms with E-state index in [0.29, 0.717) is 12.3 Å². The number of carbonyl (C=O) groups is 2. The second-order valence-corrected chi connectivity index (χ2v) is 6.62. The van der Waals surface area contributed by atoms with Gasteiger partial charge in [0.1, 0.15) is 0 Å². The molecule has 21 heavy (non-hydrogen) atoms. The third-order valence-corrected chi connectivity index (χ3v) is 5.06. The Labute approximate surface area is 130 Å². The van der Waals surface area contributed by atoms with Crippen molar-refractivity contribution < 1.29 is 9.59 Å². The highest BCUT2D eigenvalue weighted by molar-refractivity contribution is 8.00. The van der Waals surface area contributed by atoms with Crippen LogP contribution in [0.4, 0.5) is 5.69 Å². The summed E-state index contributed by atoms with van der Waals surface area (Å²) in [5, 5.41) is 7.67. The molecular weight excluding hydrogens is 304 g/mol. The Hall–Kier alpha value is -1.79. The molecule has 0 unspecified atom stereocenters. The van der Waals surface area contributed by atoms with Gasteiger partial charge in [-0.1, -0.05) is 12.1 Å². The minimum Gasteiger partial charge on any atom is -0.351 e. The fourth-order valence-electron chi connectivity index (χ4n) is 2.10. The minimum absolute atomic E-state index is 0.0354. The summed E-state index contributed by atoms with van der Waals surface area (Å²) in [6.45, 7) is 0.580. The lowest BCUT2D eigenvalue weighted by Crippen LogP contribution is -2.25. The molecule has 1 aromatic heterocycles. The molecule has 0 radical (unpaired) electrons. The van der Waals surface area contributed by atoms with E-state index in [4.69, 9.17) is 0 Å². The number of fused-ring (bicyclic) bond motifs is 1. The number of carbonyl (C=O) groups excluding carboxylic acids is 2. The number of anilines is 1. The fraction of sp³-hybridized carbons (Fsp3) is 0.200. The molecule has 0 saturated heterocycles. The van der Waals surface area contributed by atoms with Crippen LogP contribution < -0.4 is 10.6 Å². The van der Waals surface area contributed by atoms with E-state index >= 15 is 0 Å². The first-order valence-corrected chi connectivity index (χ1v) is 8.46. The molecule has 2 N–H and O–H groups in total. The van der Waals surface area contributed by atoms with Gasteiger partial charge in [0.05, 0.1) is 16.3 Å². The van der Waals surface area contributed by atoms with Crippen molar-refractivity contribution in [1.29, 1.82) is 0 Å². The van der Waals surface area contributed by atoms with Crippen molar-refractivity contribution >= 4 is 40.6 Å². The first kappa shape index (κ1) is 14.2. The lowest BCUT2D eigenvalue weighted by atomic mass is 10.1. The monoisotopic (exact) mass is 318 g/mol. The molecular formula is C15H14N2O2S2. The Bertz CT molecular complexity index is 668. The molecule has 0 fully saturated rings. The molecule has 3 rings (SSSR count). The Morgan fingerprint density at radius 2 is 2.24 bits per heavy atom. The van der Waals surface area contributed by atoms with E-state index in [0.717, 1.165) is 27.4 Å². The van der Waals surface area contributed by atoms with E-state index in [2.05, 4.69) is 10.6 Å². The second-order valence-electron chi connectivity index (χ2n) is 4.65. The van der Waals surface area contributed by atoms with Gasteiger partial charge in [-0.05, 0) is 35.6 Å². The lowest BCUT2D eigenvalue weighted by Gasteiger charge is -2.17. The van der Waals surface area contributed by atoms with Gasteiger partial charge in [-0.2, -0.15) is 0 Å². The molecule has 0 bridgehead atoms.